The number of hydrazone groups is 1. The molecular weight excluding hydrogens is 368 g/mol. The second-order valence-electron chi connectivity index (χ2n) is 5.40. The second-order valence-corrected chi connectivity index (χ2v) is 7.37. The molecule has 128 valence electrons. The zero-order chi connectivity index (χ0) is 17.9. The number of thiazole rings is 1. The summed E-state index contributed by atoms with van der Waals surface area (Å²) in [6, 6.07) is 16.6. The molecule has 4 aromatic rings. The van der Waals surface area contributed by atoms with Crippen molar-refractivity contribution in [1.29, 1.82) is 0 Å². The lowest BCUT2D eigenvalue weighted by Gasteiger charge is -1.96. The quantitative estimate of drug-likeness (QED) is 0.286. The molecule has 2 aromatic heterocycles. The molecule has 0 aliphatic carbocycles. The maximum Gasteiger partial charge on any atom is 0.269 e. The molecule has 0 bridgehead atoms. The maximum absolute atomic E-state index is 10.7. The lowest BCUT2D eigenvalue weighted by Crippen LogP contribution is -1.89. The van der Waals surface area contributed by atoms with Crippen molar-refractivity contribution in [1.82, 2.24) is 4.98 Å². The van der Waals surface area contributed by atoms with Crippen molar-refractivity contribution in [2.75, 3.05) is 5.43 Å². The Morgan fingerprint density at radius 3 is 2.73 bits per heavy atom. The number of nitro benzene ring substituents is 1. The van der Waals surface area contributed by atoms with Crippen LogP contribution in [0.15, 0.2) is 65.1 Å². The standard InChI is InChI=1S/C18H12N4O2S2/c23-22(24)14-7-5-12(6-8-14)16-11-25-18(20-16)21-19-10-15-9-13-3-1-2-4-17(13)26-15/h1-11H,(H,20,21). The van der Waals surface area contributed by atoms with Crippen LogP contribution in [-0.2, 0) is 0 Å². The summed E-state index contributed by atoms with van der Waals surface area (Å²) >= 11 is 3.11. The average molecular weight is 380 g/mol. The Morgan fingerprint density at radius 2 is 1.96 bits per heavy atom. The van der Waals surface area contributed by atoms with E-state index >= 15 is 0 Å². The first-order valence-electron chi connectivity index (χ1n) is 7.67. The van der Waals surface area contributed by atoms with E-state index in [1.807, 2.05) is 17.5 Å². The van der Waals surface area contributed by atoms with E-state index in [1.54, 1.807) is 29.7 Å². The first-order chi connectivity index (χ1) is 12.7. The second kappa shape index (κ2) is 7.03. The number of hydrogen-bond acceptors (Lipinski definition) is 7. The average Bonchev–Trinajstić information content (AvgIpc) is 3.28. The molecular formula is C18H12N4O2S2. The van der Waals surface area contributed by atoms with Gasteiger partial charge >= 0.3 is 0 Å². The van der Waals surface area contributed by atoms with Gasteiger partial charge in [-0.25, -0.2) is 4.98 Å². The summed E-state index contributed by atoms with van der Waals surface area (Å²) in [7, 11) is 0. The van der Waals surface area contributed by atoms with Gasteiger partial charge in [-0.05, 0) is 29.7 Å². The molecule has 0 amide bonds. The van der Waals surface area contributed by atoms with Gasteiger partial charge in [-0.3, -0.25) is 15.5 Å². The molecule has 0 spiro atoms. The Bertz CT molecular complexity index is 1070. The molecule has 0 aliphatic heterocycles. The van der Waals surface area contributed by atoms with Crippen LogP contribution in [-0.4, -0.2) is 16.1 Å². The number of benzene rings is 2. The molecule has 0 radical (unpaired) electrons. The van der Waals surface area contributed by atoms with Gasteiger partial charge in [0.1, 0.15) is 0 Å². The lowest BCUT2D eigenvalue weighted by atomic mass is 10.1. The fourth-order valence-electron chi connectivity index (χ4n) is 2.43. The predicted molar refractivity (Wildman–Crippen MR) is 107 cm³/mol. The molecule has 26 heavy (non-hydrogen) atoms. The maximum atomic E-state index is 10.7. The van der Waals surface area contributed by atoms with Crippen LogP contribution in [0.5, 0.6) is 0 Å². The highest BCUT2D eigenvalue weighted by Gasteiger charge is 2.08. The third-order valence-corrected chi connectivity index (χ3v) is 5.47. The Hall–Kier alpha value is -3.10. The Kier molecular flexibility index (Phi) is 4.42. The molecule has 0 atom stereocenters. The summed E-state index contributed by atoms with van der Waals surface area (Å²) in [5, 5.41) is 18.7. The van der Waals surface area contributed by atoms with Gasteiger partial charge in [0.05, 0.1) is 16.8 Å². The van der Waals surface area contributed by atoms with Crippen molar-refractivity contribution in [3.63, 3.8) is 0 Å². The normalized spacial score (nSPS) is 11.2. The van der Waals surface area contributed by atoms with Gasteiger partial charge in [0.2, 0.25) is 5.13 Å². The minimum Gasteiger partial charge on any atom is -0.258 e. The zero-order valence-corrected chi connectivity index (χ0v) is 15.0. The summed E-state index contributed by atoms with van der Waals surface area (Å²) in [5.74, 6) is 0. The van der Waals surface area contributed by atoms with Gasteiger partial charge in [-0.15, -0.1) is 22.7 Å². The van der Waals surface area contributed by atoms with Crippen LogP contribution in [0.3, 0.4) is 0 Å². The molecule has 0 saturated heterocycles. The SMILES string of the molecule is O=[N+]([O-])c1ccc(-c2csc(NN=Cc3cc4ccccc4s3)n2)cc1. The van der Waals surface area contributed by atoms with Crippen LogP contribution in [0.25, 0.3) is 21.3 Å². The van der Waals surface area contributed by atoms with E-state index in [4.69, 9.17) is 0 Å². The molecule has 0 aliphatic rings. The molecule has 6 nitrogen and oxygen atoms in total. The summed E-state index contributed by atoms with van der Waals surface area (Å²) in [6.07, 6.45) is 1.78. The minimum atomic E-state index is -0.416. The molecule has 0 fully saturated rings. The van der Waals surface area contributed by atoms with Gasteiger partial charge in [0.15, 0.2) is 0 Å². The summed E-state index contributed by atoms with van der Waals surface area (Å²) in [6.45, 7) is 0. The lowest BCUT2D eigenvalue weighted by molar-refractivity contribution is -0.384. The fraction of sp³-hybridized carbons (Fsp3) is 0. The van der Waals surface area contributed by atoms with Gasteiger partial charge in [0, 0.05) is 32.7 Å². The van der Waals surface area contributed by atoms with E-state index in [0.717, 1.165) is 16.1 Å². The van der Waals surface area contributed by atoms with E-state index in [-0.39, 0.29) is 5.69 Å². The topological polar surface area (TPSA) is 80.4 Å². The first kappa shape index (κ1) is 16.4. The Balaban J connectivity index is 1.45. The minimum absolute atomic E-state index is 0.0651. The molecule has 0 saturated carbocycles. The number of nitrogens with one attached hydrogen (secondary N) is 1. The molecule has 8 heteroatoms. The van der Waals surface area contributed by atoms with Crippen LogP contribution < -0.4 is 5.43 Å². The molecule has 1 N–H and O–H groups in total. The van der Waals surface area contributed by atoms with Crippen molar-refractivity contribution in [3.8, 4) is 11.3 Å². The van der Waals surface area contributed by atoms with E-state index in [2.05, 4.69) is 33.7 Å². The summed E-state index contributed by atoms with van der Waals surface area (Å²) in [5.41, 5.74) is 4.58. The van der Waals surface area contributed by atoms with E-state index in [9.17, 15) is 10.1 Å². The highest BCUT2D eigenvalue weighted by atomic mass is 32.1. The fourth-order valence-corrected chi connectivity index (χ4v) is 4.03. The van der Waals surface area contributed by atoms with E-state index < -0.39 is 4.92 Å². The number of rotatable bonds is 5. The van der Waals surface area contributed by atoms with Crippen molar-refractivity contribution in [3.05, 3.63) is 75.0 Å². The van der Waals surface area contributed by atoms with Crippen LogP contribution in [0.2, 0.25) is 0 Å². The van der Waals surface area contributed by atoms with E-state index in [0.29, 0.717) is 5.13 Å². The number of non-ortho nitro benzene ring substituents is 1. The van der Waals surface area contributed by atoms with Crippen molar-refractivity contribution in [2.45, 2.75) is 0 Å². The van der Waals surface area contributed by atoms with Crippen LogP contribution in [0, 0.1) is 10.1 Å². The van der Waals surface area contributed by atoms with Gasteiger partial charge < -0.3 is 0 Å². The number of hydrogen-bond donors (Lipinski definition) is 1. The smallest absolute Gasteiger partial charge is 0.258 e. The third-order valence-electron chi connectivity index (χ3n) is 3.67. The first-order valence-corrected chi connectivity index (χ1v) is 9.37. The van der Waals surface area contributed by atoms with Gasteiger partial charge in [0.25, 0.3) is 5.69 Å². The van der Waals surface area contributed by atoms with Crippen LogP contribution >= 0.6 is 22.7 Å². The van der Waals surface area contributed by atoms with E-state index in [1.165, 1.54) is 33.6 Å². The number of nitrogens with zero attached hydrogens (tertiary/aromatic N) is 3. The van der Waals surface area contributed by atoms with Gasteiger partial charge in [-0.2, -0.15) is 5.10 Å². The largest absolute Gasteiger partial charge is 0.269 e. The van der Waals surface area contributed by atoms with Crippen LogP contribution in [0.1, 0.15) is 4.88 Å². The monoisotopic (exact) mass is 380 g/mol. The number of thiophene rings is 1. The summed E-state index contributed by atoms with van der Waals surface area (Å²) in [4.78, 5) is 15.8. The Morgan fingerprint density at radius 1 is 1.15 bits per heavy atom. The Labute approximate surface area is 156 Å². The third kappa shape index (κ3) is 3.46. The molecule has 2 heterocycles. The van der Waals surface area contributed by atoms with Crippen molar-refractivity contribution < 1.29 is 4.92 Å². The highest BCUT2D eigenvalue weighted by Crippen LogP contribution is 2.27. The van der Waals surface area contributed by atoms with Gasteiger partial charge in [-0.1, -0.05) is 18.2 Å². The number of aromatic nitrogens is 1. The zero-order valence-electron chi connectivity index (χ0n) is 13.3. The molecule has 0 unspecified atom stereocenters. The van der Waals surface area contributed by atoms with Crippen molar-refractivity contribution >= 4 is 49.8 Å². The van der Waals surface area contributed by atoms with Crippen molar-refractivity contribution in [2.24, 2.45) is 5.10 Å². The summed E-state index contributed by atoms with van der Waals surface area (Å²) < 4.78 is 1.23. The van der Waals surface area contributed by atoms with Crippen LogP contribution in [0.4, 0.5) is 10.8 Å². The predicted octanol–water partition coefficient (Wildman–Crippen LogP) is 5.38. The number of anilines is 1. The molecule has 2 aromatic carbocycles. The number of fused-ring (bicyclic) bond motifs is 1. The molecule has 4 rings (SSSR count). The number of nitro groups is 1. The highest BCUT2D eigenvalue weighted by molar-refractivity contribution is 7.20.